The first-order valence-corrected chi connectivity index (χ1v) is 8.00. The first-order valence-electron chi connectivity index (χ1n) is 6.49. The van der Waals surface area contributed by atoms with Gasteiger partial charge in [0.05, 0.1) is 20.8 Å². The fourth-order valence-electron chi connectivity index (χ4n) is 1.67. The van der Waals surface area contributed by atoms with E-state index in [2.05, 4.69) is 10.6 Å². The third-order valence-electron chi connectivity index (χ3n) is 2.85. The predicted molar refractivity (Wildman–Crippen MR) is 98.9 cm³/mol. The highest BCUT2D eigenvalue weighted by Crippen LogP contribution is 2.26. The zero-order valence-electron chi connectivity index (χ0n) is 11.9. The van der Waals surface area contributed by atoms with Crippen LogP contribution in [0.3, 0.4) is 0 Å². The van der Waals surface area contributed by atoms with Crippen molar-refractivity contribution in [2.45, 2.75) is 0 Å². The second-order valence-electron chi connectivity index (χ2n) is 4.52. The normalized spacial score (nSPS) is 10.9. The molecule has 0 aromatic heterocycles. The van der Waals surface area contributed by atoms with Gasteiger partial charge in [-0.25, -0.2) is 0 Å². The summed E-state index contributed by atoms with van der Waals surface area (Å²) in [7, 11) is 0. The molecule has 0 unspecified atom stereocenters. The number of carbonyl (C=O) groups excluding carboxylic acids is 1. The van der Waals surface area contributed by atoms with Gasteiger partial charge in [-0.1, -0.05) is 46.4 Å². The molecule has 122 valence electrons. The summed E-state index contributed by atoms with van der Waals surface area (Å²) in [6.07, 6.45) is 1.26. The van der Waals surface area contributed by atoms with E-state index in [-0.39, 0.29) is 10.6 Å². The molecule has 0 atom stereocenters. The van der Waals surface area contributed by atoms with Crippen LogP contribution in [0.25, 0.3) is 0 Å². The molecule has 0 saturated carbocycles. The van der Waals surface area contributed by atoms with Gasteiger partial charge in [0, 0.05) is 16.9 Å². The Morgan fingerprint density at radius 1 is 1.00 bits per heavy atom. The fraction of sp³-hybridized carbons (Fsp3) is 0. The van der Waals surface area contributed by atoms with Gasteiger partial charge in [0.25, 0.3) is 5.91 Å². The summed E-state index contributed by atoms with van der Waals surface area (Å²) in [6.45, 7) is 0. The van der Waals surface area contributed by atoms with E-state index in [1.165, 1.54) is 12.3 Å². The number of benzene rings is 2. The zero-order chi connectivity index (χ0) is 17.7. The molecule has 2 aromatic carbocycles. The van der Waals surface area contributed by atoms with Crippen molar-refractivity contribution in [3.8, 4) is 6.07 Å². The number of hydrogen-bond donors (Lipinski definition) is 2. The quantitative estimate of drug-likeness (QED) is 0.506. The maximum Gasteiger partial charge on any atom is 0.267 e. The standard InChI is InChI=1S/C16H9Cl4N3O/c17-10-1-4-15(14(20)5-10)23-16(24)9(7-21)8-22-11-2-3-12(18)13(19)6-11/h1-6,8,22H,(H,23,24)/b9-8-. The minimum absolute atomic E-state index is 0.146. The van der Waals surface area contributed by atoms with E-state index in [9.17, 15) is 4.79 Å². The van der Waals surface area contributed by atoms with Crippen LogP contribution in [0.15, 0.2) is 48.2 Å². The van der Waals surface area contributed by atoms with Crippen LogP contribution in [-0.4, -0.2) is 5.91 Å². The summed E-state index contributed by atoms with van der Waals surface area (Å²) in [5.74, 6) is -0.616. The van der Waals surface area contributed by atoms with Crippen molar-refractivity contribution in [2.75, 3.05) is 10.6 Å². The van der Waals surface area contributed by atoms with Crippen molar-refractivity contribution in [1.29, 1.82) is 5.26 Å². The smallest absolute Gasteiger partial charge is 0.267 e. The molecular formula is C16H9Cl4N3O. The molecule has 0 aliphatic heterocycles. The highest BCUT2D eigenvalue weighted by atomic mass is 35.5. The number of hydrogen-bond acceptors (Lipinski definition) is 3. The number of carbonyl (C=O) groups is 1. The molecule has 8 heteroatoms. The minimum atomic E-state index is -0.616. The van der Waals surface area contributed by atoms with Crippen molar-refractivity contribution in [3.05, 3.63) is 68.3 Å². The van der Waals surface area contributed by atoms with Crippen LogP contribution in [0.1, 0.15) is 0 Å². The fourth-order valence-corrected chi connectivity index (χ4v) is 2.42. The van der Waals surface area contributed by atoms with Crippen LogP contribution < -0.4 is 10.6 Å². The highest BCUT2D eigenvalue weighted by Gasteiger charge is 2.11. The number of nitrogens with zero attached hydrogens (tertiary/aromatic N) is 1. The van der Waals surface area contributed by atoms with Crippen LogP contribution in [0.2, 0.25) is 20.1 Å². The monoisotopic (exact) mass is 399 g/mol. The molecule has 0 aliphatic carbocycles. The van der Waals surface area contributed by atoms with Crippen molar-refractivity contribution >= 4 is 63.7 Å². The number of nitriles is 1. The summed E-state index contributed by atoms with van der Waals surface area (Å²) in [5, 5.41) is 16.0. The predicted octanol–water partition coefficient (Wildman–Crippen LogP) is 5.76. The molecule has 0 fully saturated rings. The summed E-state index contributed by atoms with van der Waals surface area (Å²) in [4.78, 5) is 12.1. The average Bonchev–Trinajstić information content (AvgIpc) is 2.54. The minimum Gasteiger partial charge on any atom is -0.360 e. The van der Waals surface area contributed by atoms with Gasteiger partial charge in [-0.05, 0) is 36.4 Å². The van der Waals surface area contributed by atoms with Gasteiger partial charge in [0.15, 0.2) is 0 Å². The Kier molecular flexibility index (Phi) is 6.36. The van der Waals surface area contributed by atoms with E-state index >= 15 is 0 Å². The lowest BCUT2D eigenvalue weighted by atomic mass is 10.2. The van der Waals surface area contributed by atoms with Crippen LogP contribution in [-0.2, 0) is 4.79 Å². The topological polar surface area (TPSA) is 64.9 Å². The van der Waals surface area contributed by atoms with Gasteiger partial charge in [-0.15, -0.1) is 0 Å². The SMILES string of the molecule is N#C/C(=C/Nc1ccc(Cl)c(Cl)c1)C(=O)Nc1ccc(Cl)cc1Cl. The maximum atomic E-state index is 12.1. The van der Waals surface area contributed by atoms with E-state index in [1.54, 1.807) is 30.3 Å². The molecule has 0 spiro atoms. The van der Waals surface area contributed by atoms with E-state index in [1.807, 2.05) is 6.07 Å². The first-order chi connectivity index (χ1) is 11.4. The third kappa shape index (κ3) is 4.80. The summed E-state index contributed by atoms with van der Waals surface area (Å²) >= 11 is 23.5. The zero-order valence-corrected chi connectivity index (χ0v) is 14.9. The Morgan fingerprint density at radius 2 is 1.75 bits per heavy atom. The van der Waals surface area contributed by atoms with Crippen LogP contribution in [0, 0.1) is 11.3 Å². The van der Waals surface area contributed by atoms with Gasteiger partial charge in [-0.2, -0.15) is 5.26 Å². The molecule has 2 N–H and O–H groups in total. The van der Waals surface area contributed by atoms with Gasteiger partial charge in [0.1, 0.15) is 11.6 Å². The van der Waals surface area contributed by atoms with E-state index in [4.69, 9.17) is 51.7 Å². The summed E-state index contributed by atoms with van der Waals surface area (Å²) in [5.41, 5.74) is 0.781. The van der Waals surface area contributed by atoms with Crippen molar-refractivity contribution in [1.82, 2.24) is 0 Å². The van der Waals surface area contributed by atoms with Crippen LogP contribution in [0.4, 0.5) is 11.4 Å². The maximum absolute atomic E-state index is 12.1. The first kappa shape index (κ1) is 18.4. The van der Waals surface area contributed by atoms with Crippen molar-refractivity contribution < 1.29 is 4.79 Å². The molecule has 0 heterocycles. The number of rotatable bonds is 4. The lowest BCUT2D eigenvalue weighted by molar-refractivity contribution is -0.112. The Morgan fingerprint density at radius 3 is 2.38 bits per heavy atom. The number of nitrogens with one attached hydrogen (secondary N) is 2. The van der Waals surface area contributed by atoms with Gasteiger partial charge >= 0.3 is 0 Å². The second-order valence-corrected chi connectivity index (χ2v) is 6.18. The Hall–Kier alpha value is -1.90. The molecule has 4 nitrogen and oxygen atoms in total. The lowest BCUT2D eigenvalue weighted by Crippen LogP contribution is -2.14. The van der Waals surface area contributed by atoms with Gasteiger partial charge in [0.2, 0.25) is 0 Å². The second kappa shape index (κ2) is 8.27. The van der Waals surface area contributed by atoms with Crippen molar-refractivity contribution in [2.24, 2.45) is 0 Å². The van der Waals surface area contributed by atoms with Gasteiger partial charge < -0.3 is 10.6 Å². The Labute approximate surface area is 158 Å². The Bertz CT molecular complexity index is 859. The molecule has 24 heavy (non-hydrogen) atoms. The molecule has 0 saturated heterocycles. The summed E-state index contributed by atoms with van der Waals surface area (Å²) in [6, 6.07) is 11.2. The summed E-state index contributed by atoms with van der Waals surface area (Å²) < 4.78 is 0. The largest absolute Gasteiger partial charge is 0.360 e. The molecule has 1 amide bonds. The lowest BCUT2D eigenvalue weighted by Gasteiger charge is -2.07. The van der Waals surface area contributed by atoms with E-state index in [0.29, 0.717) is 26.4 Å². The molecular weight excluding hydrogens is 392 g/mol. The van der Waals surface area contributed by atoms with Crippen molar-refractivity contribution in [3.63, 3.8) is 0 Å². The Balaban J connectivity index is 2.13. The highest BCUT2D eigenvalue weighted by molar-refractivity contribution is 6.42. The molecule has 0 bridgehead atoms. The van der Waals surface area contributed by atoms with Crippen LogP contribution in [0.5, 0.6) is 0 Å². The molecule has 0 aliphatic rings. The molecule has 2 aromatic rings. The van der Waals surface area contributed by atoms with Gasteiger partial charge in [-0.3, -0.25) is 4.79 Å². The average molecular weight is 401 g/mol. The van der Waals surface area contributed by atoms with E-state index in [0.717, 1.165) is 0 Å². The number of amides is 1. The van der Waals surface area contributed by atoms with Crippen LogP contribution >= 0.6 is 46.4 Å². The van der Waals surface area contributed by atoms with E-state index < -0.39 is 5.91 Å². The molecule has 0 radical (unpaired) electrons. The third-order valence-corrected chi connectivity index (χ3v) is 4.13. The number of anilines is 2. The molecule has 2 rings (SSSR count). The number of halogens is 4.